The number of carbonyl (C=O) groups is 1. The van der Waals surface area contributed by atoms with Crippen LogP contribution in [0.2, 0.25) is 0 Å². The van der Waals surface area contributed by atoms with Crippen molar-refractivity contribution in [2.75, 3.05) is 22.9 Å². The molecule has 3 rings (SSSR count). The number of nitrogens with one attached hydrogen (secondary N) is 1. The minimum Gasteiger partial charge on any atom is -0.451 e. The molecule has 0 saturated carbocycles. The molecule has 6 nitrogen and oxygen atoms in total. The molecule has 0 saturated heterocycles. The number of fused-ring (bicyclic) bond motifs is 1. The zero-order valence-electron chi connectivity index (χ0n) is 13.2. The van der Waals surface area contributed by atoms with E-state index >= 15 is 0 Å². The minimum absolute atomic E-state index is 0.193. The molecule has 1 heterocycles. The molecule has 7 heteroatoms. The third-order valence-corrected chi connectivity index (χ3v) is 4.82. The Morgan fingerprint density at radius 2 is 1.83 bits per heavy atom. The molecular formula is C17H16N2O4S. The van der Waals surface area contributed by atoms with Gasteiger partial charge in [-0.15, -0.1) is 0 Å². The predicted octanol–water partition coefficient (Wildman–Crippen LogP) is 3.08. The summed E-state index contributed by atoms with van der Waals surface area (Å²) in [6, 6.07) is 15.6. The monoisotopic (exact) mass is 344 g/mol. The first kappa shape index (κ1) is 16.1. The van der Waals surface area contributed by atoms with Crippen molar-refractivity contribution in [3.63, 3.8) is 0 Å². The van der Waals surface area contributed by atoms with Gasteiger partial charge in [0.1, 0.15) is 5.58 Å². The average Bonchev–Trinajstić information content (AvgIpc) is 2.97. The van der Waals surface area contributed by atoms with Gasteiger partial charge in [-0.05, 0) is 30.3 Å². The van der Waals surface area contributed by atoms with Crippen molar-refractivity contribution >= 4 is 38.3 Å². The molecule has 0 aliphatic rings. The molecule has 1 N–H and O–H groups in total. The molecule has 3 aromatic rings. The topological polar surface area (TPSA) is 79.6 Å². The summed E-state index contributed by atoms with van der Waals surface area (Å²) in [7, 11) is -1.91. The summed E-state index contributed by atoms with van der Waals surface area (Å²) in [6.45, 7) is 0. The number of rotatable bonds is 4. The number of carbonyl (C=O) groups excluding carboxylic acids is 1. The van der Waals surface area contributed by atoms with E-state index in [9.17, 15) is 13.2 Å². The van der Waals surface area contributed by atoms with E-state index in [1.165, 1.54) is 7.05 Å². The lowest BCUT2D eigenvalue weighted by atomic mass is 10.2. The molecule has 0 radical (unpaired) electrons. The average molecular weight is 344 g/mol. The Kier molecular flexibility index (Phi) is 4.02. The molecule has 0 unspecified atom stereocenters. The molecule has 124 valence electrons. The van der Waals surface area contributed by atoms with Crippen LogP contribution in [0.15, 0.2) is 59.0 Å². The van der Waals surface area contributed by atoms with E-state index in [1.807, 2.05) is 18.2 Å². The number of benzene rings is 2. The maximum atomic E-state index is 12.3. The number of hydrogen-bond acceptors (Lipinski definition) is 4. The van der Waals surface area contributed by atoms with Gasteiger partial charge < -0.3 is 9.73 Å². The predicted molar refractivity (Wildman–Crippen MR) is 93.9 cm³/mol. The van der Waals surface area contributed by atoms with Crippen LogP contribution in [0.25, 0.3) is 11.0 Å². The number of anilines is 2. The highest BCUT2D eigenvalue weighted by Gasteiger charge is 2.15. The molecule has 0 atom stereocenters. The molecule has 1 amide bonds. The van der Waals surface area contributed by atoms with E-state index in [1.54, 1.807) is 36.4 Å². The number of hydrogen-bond donors (Lipinski definition) is 1. The zero-order valence-corrected chi connectivity index (χ0v) is 14.0. The summed E-state index contributed by atoms with van der Waals surface area (Å²) in [5, 5.41) is 3.55. The first-order valence-corrected chi connectivity index (χ1v) is 9.03. The SMILES string of the molecule is CN(c1cccc(NC(=O)c2cc3ccccc3o2)c1)S(C)(=O)=O. The molecule has 1 aromatic heterocycles. The van der Waals surface area contributed by atoms with E-state index in [0.29, 0.717) is 17.0 Å². The van der Waals surface area contributed by atoms with Gasteiger partial charge in [0.05, 0.1) is 11.9 Å². The number of nitrogens with zero attached hydrogens (tertiary/aromatic N) is 1. The lowest BCUT2D eigenvalue weighted by Gasteiger charge is -2.17. The van der Waals surface area contributed by atoms with Crippen LogP contribution < -0.4 is 9.62 Å². The molecule has 0 bridgehead atoms. The van der Waals surface area contributed by atoms with E-state index < -0.39 is 15.9 Å². The van der Waals surface area contributed by atoms with Gasteiger partial charge >= 0.3 is 0 Å². The Labute approximate surface area is 139 Å². The Morgan fingerprint density at radius 1 is 1.08 bits per heavy atom. The second-order valence-corrected chi connectivity index (χ2v) is 7.40. The van der Waals surface area contributed by atoms with Gasteiger partial charge in [-0.2, -0.15) is 0 Å². The second kappa shape index (κ2) is 6.01. The number of amides is 1. The Hall–Kier alpha value is -2.80. The highest BCUT2D eigenvalue weighted by Crippen LogP contribution is 2.23. The van der Waals surface area contributed by atoms with E-state index in [0.717, 1.165) is 15.9 Å². The largest absolute Gasteiger partial charge is 0.451 e. The highest BCUT2D eigenvalue weighted by molar-refractivity contribution is 7.92. The van der Waals surface area contributed by atoms with Crippen molar-refractivity contribution < 1.29 is 17.6 Å². The van der Waals surface area contributed by atoms with Crippen LogP contribution in [0.4, 0.5) is 11.4 Å². The first-order valence-electron chi connectivity index (χ1n) is 7.18. The van der Waals surface area contributed by atoms with Gasteiger partial charge in [-0.3, -0.25) is 9.10 Å². The lowest BCUT2D eigenvalue weighted by molar-refractivity contribution is 0.0998. The normalized spacial score (nSPS) is 11.4. The van der Waals surface area contributed by atoms with Crippen LogP contribution in [0.3, 0.4) is 0 Å². The molecular weight excluding hydrogens is 328 g/mol. The van der Waals surface area contributed by atoms with Gasteiger partial charge in [0.25, 0.3) is 5.91 Å². The lowest BCUT2D eigenvalue weighted by Crippen LogP contribution is -2.24. The van der Waals surface area contributed by atoms with Crippen LogP contribution >= 0.6 is 0 Å². The van der Waals surface area contributed by atoms with Crippen molar-refractivity contribution in [2.45, 2.75) is 0 Å². The molecule has 0 aliphatic heterocycles. The second-order valence-electron chi connectivity index (χ2n) is 5.38. The summed E-state index contributed by atoms with van der Waals surface area (Å²) < 4.78 is 29.9. The summed E-state index contributed by atoms with van der Waals surface area (Å²) in [5.41, 5.74) is 1.57. The molecule has 24 heavy (non-hydrogen) atoms. The molecule has 2 aromatic carbocycles. The first-order chi connectivity index (χ1) is 11.3. The van der Waals surface area contributed by atoms with Gasteiger partial charge in [0.2, 0.25) is 10.0 Å². The van der Waals surface area contributed by atoms with Gasteiger partial charge in [-0.1, -0.05) is 24.3 Å². The Bertz CT molecular complexity index is 975. The van der Waals surface area contributed by atoms with Crippen molar-refractivity contribution in [1.82, 2.24) is 0 Å². The fourth-order valence-corrected chi connectivity index (χ4v) is 2.75. The quantitative estimate of drug-likeness (QED) is 0.789. The third kappa shape index (κ3) is 3.26. The van der Waals surface area contributed by atoms with Crippen LogP contribution in [0.1, 0.15) is 10.6 Å². The van der Waals surface area contributed by atoms with Crippen LogP contribution in [0, 0.1) is 0 Å². The van der Waals surface area contributed by atoms with E-state index in [-0.39, 0.29) is 5.76 Å². The standard InChI is InChI=1S/C17H16N2O4S/c1-19(24(2,21)22)14-8-5-7-13(11-14)18-17(20)16-10-12-6-3-4-9-15(12)23-16/h3-11H,1-2H3,(H,18,20). The van der Waals surface area contributed by atoms with Crippen LogP contribution in [-0.4, -0.2) is 27.6 Å². The van der Waals surface area contributed by atoms with Crippen LogP contribution in [-0.2, 0) is 10.0 Å². The summed E-state index contributed by atoms with van der Waals surface area (Å²) in [5.74, 6) is -0.205. The smallest absolute Gasteiger partial charge is 0.291 e. The minimum atomic E-state index is -3.37. The Balaban J connectivity index is 1.84. The fourth-order valence-electron chi connectivity index (χ4n) is 2.26. The van der Waals surface area contributed by atoms with Crippen molar-refractivity contribution in [1.29, 1.82) is 0 Å². The van der Waals surface area contributed by atoms with Crippen molar-refractivity contribution in [3.05, 3.63) is 60.4 Å². The summed E-state index contributed by atoms with van der Waals surface area (Å²) in [4.78, 5) is 12.3. The van der Waals surface area contributed by atoms with Gasteiger partial charge in [0.15, 0.2) is 5.76 Å². The highest BCUT2D eigenvalue weighted by atomic mass is 32.2. The maximum Gasteiger partial charge on any atom is 0.291 e. The van der Waals surface area contributed by atoms with Crippen molar-refractivity contribution in [3.8, 4) is 0 Å². The molecule has 0 fully saturated rings. The summed E-state index contributed by atoms with van der Waals surface area (Å²) in [6.07, 6.45) is 1.12. The molecule has 0 aliphatic carbocycles. The Morgan fingerprint density at radius 3 is 2.54 bits per heavy atom. The molecule has 0 spiro atoms. The maximum absolute atomic E-state index is 12.3. The number of furan rings is 1. The van der Waals surface area contributed by atoms with E-state index in [2.05, 4.69) is 5.32 Å². The number of sulfonamides is 1. The third-order valence-electron chi connectivity index (χ3n) is 3.61. The zero-order chi connectivity index (χ0) is 17.3. The number of para-hydroxylation sites is 1. The van der Waals surface area contributed by atoms with Crippen LogP contribution in [0.5, 0.6) is 0 Å². The van der Waals surface area contributed by atoms with E-state index in [4.69, 9.17) is 4.42 Å². The summed E-state index contributed by atoms with van der Waals surface area (Å²) >= 11 is 0. The van der Waals surface area contributed by atoms with Gasteiger partial charge in [-0.25, -0.2) is 8.42 Å². The van der Waals surface area contributed by atoms with Gasteiger partial charge in [0, 0.05) is 18.1 Å². The fraction of sp³-hybridized carbons (Fsp3) is 0.118. The van der Waals surface area contributed by atoms with Crippen molar-refractivity contribution in [2.24, 2.45) is 0 Å².